The lowest BCUT2D eigenvalue weighted by atomic mass is 10.1. The van der Waals surface area contributed by atoms with E-state index in [0.717, 1.165) is 33.4 Å². The third-order valence-electron chi connectivity index (χ3n) is 4.45. The maximum absolute atomic E-state index is 9.77. The van der Waals surface area contributed by atoms with E-state index in [9.17, 15) is 5.11 Å². The van der Waals surface area contributed by atoms with Crippen molar-refractivity contribution in [3.05, 3.63) is 71.1 Å². The van der Waals surface area contributed by atoms with Crippen LogP contribution in [0.4, 0.5) is 5.82 Å². The van der Waals surface area contributed by atoms with Crippen LogP contribution >= 0.6 is 11.6 Å². The van der Waals surface area contributed by atoms with Gasteiger partial charge in [0.25, 0.3) is 0 Å². The van der Waals surface area contributed by atoms with E-state index in [0.29, 0.717) is 10.8 Å². The lowest BCUT2D eigenvalue weighted by Crippen LogP contribution is -2.15. The topological polar surface area (TPSA) is 86.7 Å². The van der Waals surface area contributed by atoms with Crippen LogP contribution in [-0.2, 0) is 0 Å². The van der Waals surface area contributed by atoms with Crippen LogP contribution in [0.5, 0.6) is 0 Å². The predicted octanol–water partition coefficient (Wildman–Crippen LogP) is 4.13. The molecule has 27 heavy (non-hydrogen) atoms. The van der Waals surface area contributed by atoms with Gasteiger partial charge >= 0.3 is 0 Å². The molecule has 1 atom stereocenters. The second-order valence-corrected chi connectivity index (χ2v) is 6.74. The van der Waals surface area contributed by atoms with Gasteiger partial charge in [-0.15, -0.1) is 0 Å². The number of aliphatic hydroxyl groups excluding tert-OH is 1. The number of nitrogens with zero attached hydrogens (tertiary/aromatic N) is 3. The number of H-pyrrole nitrogens is 1. The van der Waals surface area contributed by atoms with Crippen molar-refractivity contribution in [2.24, 2.45) is 0 Å². The number of hydrogen-bond donors (Lipinski definition) is 3. The van der Waals surface area contributed by atoms with Crippen molar-refractivity contribution in [3.63, 3.8) is 0 Å². The zero-order valence-corrected chi connectivity index (χ0v) is 15.4. The molecule has 4 aromatic rings. The highest BCUT2D eigenvalue weighted by Crippen LogP contribution is 2.25. The normalized spacial score (nSPS) is 12.3. The van der Waals surface area contributed by atoms with Crippen LogP contribution in [0.1, 0.15) is 17.3 Å². The molecule has 7 heteroatoms. The van der Waals surface area contributed by atoms with Crippen molar-refractivity contribution in [2.45, 2.75) is 13.0 Å². The van der Waals surface area contributed by atoms with Crippen molar-refractivity contribution >= 4 is 28.3 Å². The van der Waals surface area contributed by atoms with Crippen molar-refractivity contribution in [2.75, 3.05) is 11.9 Å². The highest BCUT2D eigenvalue weighted by molar-refractivity contribution is 6.30. The average molecular weight is 380 g/mol. The summed E-state index contributed by atoms with van der Waals surface area (Å²) in [6.07, 6.45) is 3.36. The van der Waals surface area contributed by atoms with Gasteiger partial charge in [0.05, 0.1) is 36.3 Å². The van der Waals surface area contributed by atoms with Crippen molar-refractivity contribution in [3.8, 4) is 11.3 Å². The first-order valence-corrected chi connectivity index (χ1v) is 8.92. The molecule has 2 aromatic heterocycles. The molecule has 136 valence electrons. The second kappa shape index (κ2) is 7.34. The molecule has 3 N–H and O–H groups in total. The summed E-state index contributed by atoms with van der Waals surface area (Å²) in [7, 11) is 0. The Morgan fingerprint density at radius 2 is 1.96 bits per heavy atom. The molecule has 0 unspecified atom stereocenters. The highest BCUT2D eigenvalue weighted by Gasteiger charge is 2.12. The molecule has 6 nitrogen and oxygen atoms in total. The quantitative estimate of drug-likeness (QED) is 0.485. The van der Waals surface area contributed by atoms with E-state index in [2.05, 4.69) is 25.5 Å². The van der Waals surface area contributed by atoms with Crippen LogP contribution in [0.3, 0.4) is 0 Å². The third kappa shape index (κ3) is 3.63. The zero-order chi connectivity index (χ0) is 18.8. The Morgan fingerprint density at radius 3 is 2.74 bits per heavy atom. The first kappa shape index (κ1) is 17.5. The summed E-state index contributed by atoms with van der Waals surface area (Å²) < 4.78 is 0. The number of anilines is 1. The Labute approximate surface area is 161 Å². The number of rotatable bonds is 5. The number of halogens is 1. The van der Waals surface area contributed by atoms with Gasteiger partial charge in [-0.2, -0.15) is 5.10 Å². The molecule has 0 radical (unpaired) electrons. The highest BCUT2D eigenvalue weighted by atomic mass is 35.5. The maximum Gasteiger partial charge on any atom is 0.145 e. The molecule has 4 rings (SSSR count). The molecule has 0 amide bonds. The fraction of sp³-hybridized carbons (Fsp3) is 0.150. The van der Waals surface area contributed by atoms with Gasteiger partial charge in [0.1, 0.15) is 5.82 Å². The van der Waals surface area contributed by atoms with Crippen LogP contribution in [0.15, 0.2) is 54.9 Å². The molecule has 2 heterocycles. The number of aryl methyl sites for hydroxylation is 1. The van der Waals surface area contributed by atoms with Crippen LogP contribution in [0.25, 0.3) is 22.2 Å². The minimum absolute atomic E-state index is 0.0757. The Balaban J connectivity index is 1.62. The summed E-state index contributed by atoms with van der Waals surface area (Å²) in [5.41, 5.74) is 4.55. The molecular formula is C20H18ClN5O. The fourth-order valence-electron chi connectivity index (χ4n) is 2.98. The van der Waals surface area contributed by atoms with Gasteiger partial charge in [-0.3, -0.25) is 10.1 Å². The smallest absolute Gasteiger partial charge is 0.145 e. The van der Waals surface area contributed by atoms with Crippen molar-refractivity contribution in [1.82, 2.24) is 20.2 Å². The molecule has 0 bridgehead atoms. The van der Waals surface area contributed by atoms with E-state index >= 15 is 0 Å². The lowest BCUT2D eigenvalue weighted by Gasteiger charge is -2.17. The molecular weight excluding hydrogens is 362 g/mol. The summed E-state index contributed by atoms with van der Waals surface area (Å²) in [5.74, 6) is 0.588. The summed E-state index contributed by atoms with van der Waals surface area (Å²) in [4.78, 5) is 8.95. The third-order valence-corrected chi connectivity index (χ3v) is 4.70. The van der Waals surface area contributed by atoms with Crippen molar-refractivity contribution in [1.29, 1.82) is 0 Å². The predicted molar refractivity (Wildman–Crippen MR) is 107 cm³/mol. The SMILES string of the molecule is Cc1[nH]nc2ccc(-c3cncc(N[C@@H](CO)c4ccc(Cl)cc4)n3)cc12. The van der Waals surface area contributed by atoms with E-state index in [-0.39, 0.29) is 12.6 Å². The van der Waals surface area contributed by atoms with Crippen molar-refractivity contribution < 1.29 is 5.11 Å². The van der Waals surface area contributed by atoms with E-state index in [4.69, 9.17) is 11.6 Å². The second-order valence-electron chi connectivity index (χ2n) is 6.30. The largest absolute Gasteiger partial charge is 0.394 e. The fourth-order valence-corrected chi connectivity index (χ4v) is 3.11. The summed E-state index contributed by atoms with van der Waals surface area (Å²) in [5, 5.41) is 21.9. The monoisotopic (exact) mass is 379 g/mol. The van der Waals surface area contributed by atoms with E-state index < -0.39 is 0 Å². The molecule has 0 saturated heterocycles. The van der Waals surface area contributed by atoms with Crippen LogP contribution in [-0.4, -0.2) is 31.9 Å². The molecule has 0 aliphatic carbocycles. The molecule has 0 aliphatic rings. The van der Waals surface area contributed by atoms with Gasteiger partial charge in [-0.25, -0.2) is 4.98 Å². The Kier molecular flexibility index (Phi) is 4.75. The molecule has 2 aromatic carbocycles. The Morgan fingerprint density at radius 1 is 1.15 bits per heavy atom. The zero-order valence-electron chi connectivity index (χ0n) is 14.6. The number of fused-ring (bicyclic) bond motifs is 1. The summed E-state index contributed by atoms with van der Waals surface area (Å²) in [6, 6.07) is 13.0. The van der Waals surface area contributed by atoms with Crippen LogP contribution < -0.4 is 5.32 Å². The van der Waals surface area contributed by atoms with Crippen LogP contribution in [0, 0.1) is 6.92 Å². The summed E-state index contributed by atoms with van der Waals surface area (Å²) in [6.45, 7) is 1.91. The lowest BCUT2D eigenvalue weighted by molar-refractivity contribution is 0.276. The molecule has 0 aliphatic heterocycles. The standard InChI is InChI=1S/C20H18ClN5O/c1-12-16-8-14(4-7-17(16)26-25-12)18-9-22-10-20(23-18)24-19(11-27)13-2-5-15(21)6-3-13/h2-10,19,27H,11H2,1H3,(H,23,24)(H,25,26)/t19-/m0/s1. The maximum atomic E-state index is 9.77. The number of benzene rings is 2. The Bertz CT molecular complexity index is 1080. The first-order valence-electron chi connectivity index (χ1n) is 8.54. The summed E-state index contributed by atoms with van der Waals surface area (Å²) >= 11 is 5.94. The minimum Gasteiger partial charge on any atom is -0.394 e. The van der Waals surface area contributed by atoms with Crippen LogP contribution in [0.2, 0.25) is 5.02 Å². The first-order chi connectivity index (χ1) is 13.1. The van der Waals surface area contributed by atoms with E-state index in [1.54, 1.807) is 24.5 Å². The van der Waals surface area contributed by atoms with Gasteiger partial charge < -0.3 is 10.4 Å². The number of aromatic nitrogens is 4. The Hall–Kier alpha value is -2.96. The van der Waals surface area contributed by atoms with Gasteiger partial charge in [0.2, 0.25) is 0 Å². The van der Waals surface area contributed by atoms with Gasteiger partial charge in [-0.05, 0) is 36.8 Å². The number of aromatic amines is 1. The van der Waals surface area contributed by atoms with Gasteiger partial charge in [0.15, 0.2) is 0 Å². The molecule has 0 fully saturated rings. The molecule has 0 saturated carbocycles. The average Bonchev–Trinajstić information content (AvgIpc) is 3.07. The van der Waals surface area contributed by atoms with Gasteiger partial charge in [-0.1, -0.05) is 29.8 Å². The van der Waals surface area contributed by atoms with E-state index in [1.165, 1.54) is 0 Å². The number of hydrogen-bond acceptors (Lipinski definition) is 5. The van der Waals surface area contributed by atoms with E-state index in [1.807, 2.05) is 37.3 Å². The van der Waals surface area contributed by atoms with Gasteiger partial charge in [0, 0.05) is 21.7 Å². The number of nitrogens with one attached hydrogen (secondary N) is 2. The minimum atomic E-state index is -0.301. The number of aliphatic hydroxyl groups is 1. The molecule has 0 spiro atoms.